The van der Waals surface area contributed by atoms with E-state index in [2.05, 4.69) is 6.07 Å². The number of hydrogen-bond acceptors (Lipinski definition) is 0. The number of hydrogen-bond donors (Lipinski definition) is 0. The zero-order chi connectivity index (χ0) is 8.43. The molecule has 0 amide bonds. The molecule has 0 saturated carbocycles. The van der Waals surface area contributed by atoms with E-state index in [9.17, 15) is 0 Å². The second-order valence-electron chi connectivity index (χ2n) is 2.66. The Hall–Kier alpha value is -0.200. The fourth-order valence-corrected chi connectivity index (χ4v) is 1.56. The molecule has 0 aliphatic heterocycles. The third-order valence-corrected chi connectivity index (χ3v) is 2.13. The van der Waals surface area contributed by atoms with Gasteiger partial charge in [-0.2, -0.15) is 0 Å². The summed E-state index contributed by atoms with van der Waals surface area (Å²) in [5, 5.41) is 0. The van der Waals surface area contributed by atoms with Crippen molar-refractivity contribution in [3.8, 4) is 0 Å². The zero-order valence-electron chi connectivity index (χ0n) is 6.57. The predicted octanol–water partition coefficient (Wildman–Crippen LogP) is 3.78. The lowest BCUT2D eigenvalue weighted by Gasteiger charge is -2.06. The maximum absolute atomic E-state index is 5.73. The number of aryl methyl sites for hydroxylation is 2. The van der Waals surface area contributed by atoms with Gasteiger partial charge in [-0.15, -0.1) is 23.2 Å². The summed E-state index contributed by atoms with van der Waals surface area (Å²) in [6.07, 6.45) is 0. The Morgan fingerprint density at radius 1 is 1.18 bits per heavy atom. The van der Waals surface area contributed by atoms with Gasteiger partial charge in [0.2, 0.25) is 0 Å². The van der Waals surface area contributed by atoms with Gasteiger partial charge in [0, 0.05) is 0 Å². The van der Waals surface area contributed by atoms with Crippen molar-refractivity contribution in [2.75, 3.05) is 0 Å². The van der Waals surface area contributed by atoms with Crippen molar-refractivity contribution in [2.45, 2.75) is 18.7 Å². The molecule has 0 heterocycles. The molecule has 0 saturated heterocycles. The second kappa shape index (κ2) is 3.46. The molecule has 1 rings (SSSR count). The smallest absolute Gasteiger partial charge is 0.100 e. The number of rotatable bonds is 1. The highest BCUT2D eigenvalue weighted by Gasteiger charge is 2.05. The largest absolute Gasteiger partial charge is 0.133 e. The van der Waals surface area contributed by atoms with E-state index >= 15 is 0 Å². The molecule has 0 atom stereocenters. The maximum atomic E-state index is 5.73. The fourth-order valence-electron chi connectivity index (χ4n) is 1.07. The van der Waals surface area contributed by atoms with Crippen LogP contribution in [0.25, 0.3) is 0 Å². The summed E-state index contributed by atoms with van der Waals surface area (Å²) >= 11 is 11.5. The van der Waals surface area contributed by atoms with Crippen molar-refractivity contribution in [3.63, 3.8) is 0 Å². The summed E-state index contributed by atoms with van der Waals surface area (Å²) in [7, 11) is 0. The van der Waals surface area contributed by atoms with Crippen molar-refractivity contribution >= 4 is 23.2 Å². The van der Waals surface area contributed by atoms with Gasteiger partial charge in [0.15, 0.2) is 0 Å². The number of benzene rings is 1. The van der Waals surface area contributed by atoms with Gasteiger partial charge in [0.1, 0.15) is 4.84 Å². The minimum atomic E-state index is -0.407. The standard InChI is InChI=1S/C9H10Cl2/c1-6-3-4-8(9(10)11)7(2)5-6/h3-5,9H,1-2H3. The van der Waals surface area contributed by atoms with Crippen LogP contribution in [0.4, 0.5) is 0 Å². The summed E-state index contributed by atoms with van der Waals surface area (Å²) in [4.78, 5) is -0.407. The van der Waals surface area contributed by atoms with Crippen LogP contribution in [0.5, 0.6) is 0 Å². The van der Waals surface area contributed by atoms with Crippen LogP contribution in [0.2, 0.25) is 0 Å². The summed E-state index contributed by atoms with van der Waals surface area (Å²) in [6, 6.07) is 6.06. The van der Waals surface area contributed by atoms with Gasteiger partial charge >= 0.3 is 0 Å². The first-order valence-corrected chi connectivity index (χ1v) is 4.34. The van der Waals surface area contributed by atoms with Gasteiger partial charge < -0.3 is 0 Å². The first-order valence-electron chi connectivity index (χ1n) is 3.46. The molecule has 0 spiro atoms. The summed E-state index contributed by atoms with van der Waals surface area (Å²) < 4.78 is 0. The third-order valence-electron chi connectivity index (χ3n) is 1.66. The van der Waals surface area contributed by atoms with Crippen LogP contribution in [0, 0.1) is 13.8 Å². The van der Waals surface area contributed by atoms with Crippen LogP contribution in [-0.4, -0.2) is 0 Å². The Morgan fingerprint density at radius 2 is 1.82 bits per heavy atom. The lowest BCUT2D eigenvalue weighted by atomic mass is 10.1. The molecule has 0 fully saturated rings. The molecule has 0 N–H and O–H groups in total. The van der Waals surface area contributed by atoms with Crippen molar-refractivity contribution in [1.29, 1.82) is 0 Å². The molecule has 0 radical (unpaired) electrons. The van der Waals surface area contributed by atoms with E-state index in [-0.39, 0.29) is 0 Å². The zero-order valence-corrected chi connectivity index (χ0v) is 8.08. The van der Waals surface area contributed by atoms with Gasteiger partial charge in [-0.25, -0.2) is 0 Å². The molecule has 0 aromatic heterocycles. The highest BCUT2D eigenvalue weighted by Crippen LogP contribution is 2.27. The molecule has 60 valence electrons. The van der Waals surface area contributed by atoms with Gasteiger partial charge in [0.05, 0.1) is 0 Å². The molecular formula is C9H10Cl2. The average molecular weight is 189 g/mol. The van der Waals surface area contributed by atoms with Crippen molar-refractivity contribution in [1.82, 2.24) is 0 Å². The monoisotopic (exact) mass is 188 g/mol. The molecule has 0 aliphatic rings. The predicted molar refractivity (Wildman–Crippen MR) is 50.4 cm³/mol. The normalized spacial score (nSPS) is 10.6. The highest BCUT2D eigenvalue weighted by molar-refractivity contribution is 6.44. The fraction of sp³-hybridized carbons (Fsp3) is 0.333. The van der Waals surface area contributed by atoms with Crippen molar-refractivity contribution in [2.24, 2.45) is 0 Å². The van der Waals surface area contributed by atoms with E-state index < -0.39 is 4.84 Å². The number of alkyl halides is 2. The number of halogens is 2. The molecule has 0 unspecified atom stereocenters. The van der Waals surface area contributed by atoms with Crippen LogP contribution in [0.1, 0.15) is 21.5 Å². The van der Waals surface area contributed by atoms with E-state index in [4.69, 9.17) is 23.2 Å². The van der Waals surface area contributed by atoms with Crippen molar-refractivity contribution in [3.05, 3.63) is 34.9 Å². The Morgan fingerprint density at radius 3 is 2.27 bits per heavy atom. The molecule has 2 heteroatoms. The average Bonchev–Trinajstić information content (AvgIpc) is 1.85. The van der Waals surface area contributed by atoms with Crippen LogP contribution in [-0.2, 0) is 0 Å². The van der Waals surface area contributed by atoms with Crippen LogP contribution in [0.3, 0.4) is 0 Å². The van der Waals surface area contributed by atoms with Gasteiger partial charge in [-0.1, -0.05) is 23.8 Å². The molecule has 0 bridgehead atoms. The second-order valence-corrected chi connectivity index (χ2v) is 3.76. The molecule has 0 aliphatic carbocycles. The van der Waals surface area contributed by atoms with E-state index in [1.54, 1.807) is 0 Å². The van der Waals surface area contributed by atoms with Crippen LogP contribution < -0.4 is 0 Å². The maximum Gasteiger partial charge on any atom is 0.133 e. The van der Waals surface area contributed by atoms with Gasteiger partial charge in [-0.05, 0) is 25.0 Å². The Kier molecular flexibility index (Phi) is 2.80. The van der Waals surface area contributed by atoms with Crippen molar-refractivity contribution < 1.29 is 0 Å². The molecule has 11 heavy (non-hydrogen) atoms. The van der Waals surface area contributed by atoms with E-state index in [1.165, 1.54) is 5.56 Å². The van der Waals surface area contributed by atoms with E-state index in [0.717, 1.165) is 11.1 Å². The lowest BCUT2D eigenvalue weighted by Crippen LogP contribution is -1.87. The van der Waals surface area contributed by atoms with E-state index in [1.807, 2.05) is 26.0 Å². The highest BCUT2D eigenvalue weighted by atomic mass is 35.5. The minimum absolute atomic E-state index is 0.407. The topological polar surface area (TPSA) is 0 Å². The van der Waals surface area contributed by atoms with Crippen LogP contribution in [0.15, 0.2) is 18.2 Å². The molecule has 1 aromatic rings. The Balaban J connectivity index is 3.09. The SMILES string of the molecule is Cc1ccc(C(Cl)Cl)c(C)c1. The molecule has 0 nitrogen and oxygen atoms in total. The quantitative estimate of drug-likeness (QED) is 0.589. The Bertz CT molecular complexity index is 254. The summed E-state index contributed by atoms with van der Waals surface area (Å²) in [6.45, 7) is 4.06. The van der Waals surface area contributed by atoms with Crippen LogP contribution >= 0.6 is 23.2 Å². The third kappa shape index (κ3) is 2.11. The molecule has 1 aromatic carbocycles. The van der Waals surface area contributed by atoms with Gasteiger partial charge in [-0.3, -0.25) is 0 Å². The lowest BCUT2D eigenvalue weighted by molar-refractivity contribution is 1.24. The summed E-state index contributed by atoms with van der Waals surface area (Å²) in [5.74, 6) is 0. The first kappa shape index (κ1) is 8.89. The Labute approximate surface area is 77.1 Å². The first-order chi connectivity index (χ1) is 5.11. The van der Waals surface area contributed by atoms with E-state index in [0.29, 0.717) is 0 Å². The van der Waals surface area contributed by atoms with Gasteiger partial charge in [0.25, 0.3) is 0 Å². The minimum Gasteiger partial charge on any atom is -0.100 e. The molecular weight excluding hydrogens is 179 g/mol. The summed E-state index contributed by atoms with van der Waals surface area (Å²) in [5.41, 5.74) is 3.39.